The number of piperidine rings is 1. The number of hydrogen-bond acceptors (Lipinski definition) is 4. The SMILES string of the molecule is CCOC(CNC(=O)N1CCC(O)CC1)CC(=O)O. The molecule has 0 spiro atoms. The number of likely N-dealkylation sites (tertiary alicyclic amines) is 1. The van der Waals surface area contributed by atoms with Crippen LogP contribution >= 0.6 is 0 Å². The van der Waals surface area contributed by atoms with E-state index in [1.165, 1.54) is 0 Å². The van der Waals surface area contributed by atoms with Crippen molar-refractivity contribution in [3.63, 3.8) is 0 Å². The average Bonchev–Trinajstić information content (AvgIpc) is 2.36. The maximum absolute atomic E-state index is 11.8. The number of urea groups is 1. The summed E-state index contributed by atoms with van der Waals surface area (Å²) in [4.78, 5) is 24.1. The van der Waals surface area contributed by atoms with E-state index in [0.717, 1.165) is 0 Å². The van der Waals surface area contributed by atoms with Gasteiger partial charge in [-0.05, 0) is 19.8 Å². The number of ether oxygens (including phenoxy) is 1. The van der Waals surface area contributed by atoms with E-state index in [9.17, 15) is 14.7 Å². The van der Waals surface area contributed by atoms with Crippen LogP contribution < -0.4 is 5.32 Å². The van der Waals surface area contributed by atoms with E-state index >= 15 is 0 Å². The number of aliphatic hydroxyl groups is 1. The van der Waals surface area contributed by atoms with E-state index in [0.29, 0.717) is 32.5 Å². The highest BCUT2D eigenvalue weighted by Gasteiger charge is 2.22. The second kappa shape index (κ2) is 7.96. The lowest BCUT2D eigenvalue weighted by Gasteiger charge is -2.30. The van der Waals surface area contributed by atoms with Crippen molar-refractivity contribution in [2.24, 2.45) is 0 Å². The lowest BCUT2D eigenvalue weighted by Crippen LogP contribution is -2.47. The van der Waals surface area contributed by atoms with Gasteiger partial charge in [0.25, 0.3) is 0 Å². The third kappa shape index (κ3) is 5.89. The van der Waals surface area contributed by atoms with Crippen LogP contribution in [-0.4, -0.2) is 65.6 Å². The summed E-state index contributed by atoms with van der Waals surface area (Å²) in [7, 11) is 0. The van der Waals surface area contributed by atoms with Crippen molar-refractivity contribution in [2.45, 2.75) is 38.4 Å². The maximum atomic E-state index is 11.8. The van der Waals surface area contributed by atoms with Crippen LogP contribution in [0.1, 0.15) is 26.2 Å². The maximum Gasteiger partial charge on any atom is 0.317 e. The summed E-state index contributed by atoms with van der Waals surface area (Å²) in [6, 6.07) is -0.234. The smallest absolute Gasteiger partial charge is 0.317 e. The molecule has 110 valence electrons. The Bertz CT molecular complexity index is 302. The lowest BCUT2D eigenvalue weighted by molar-refractivity contribution is -0.140. The van der Waals surface area contributed by atoms with Crippen LogP contribution in [0.2, 0.25) is 0 Å². The van der Waals surface area contributed by atoms with Crippen LogP contribution in [-0.2, 0) is 9.53 Å². The Labute approximate surface area is 112 Å². The predicted molar refractivity (Wildman–Crippen MR) is 67.9 cm³/mol. The third-order valence-corrected chi connectivity index (χ3v) is 3.04. The largest absolute Gasteiger partial charge is 0.481 e. The number of aliphatic carboxylic acids is 1. The lowest BCUT2D eigenvalue weighted by atomic mass is 10.1. The molecule has 1 atom stereocenters. The fourth-order valence-electron chi connectivity index (χ4n) is 2.00. The van der Waals surface area contributed by atoms with Gasteiger partial charge in [-0.1, -0.05) is 0 Å². The number of nitrogens with zero attached hydrogens (tertiary/aromatic N) is 1. The first-order chi connectivity index (χ1) is 9.02. The number of carboxylic acid groups (broad SMARTS) is 1. The van der Waals surface area contributed by atoms with Gasteiger partial charge in [0, 0.05) is 26.2 Å². The Balaban J connectivity index is 2.32. The minimum absolute atomic E-state index is 0.132. The number of carbonyl (C=O) groups excluding carboxylic acids is 1. The van der Waals surface area contributed by atoms with E-state index in [2.05, 4.69) is 5.32 Å². The molecule has 0 aliphatic carbocycles. The van der Waals surface area contributed by atoms with Gasteiger partial charge < -0.3 is 25.2 Å². The Morgan fingerprint density at radius 2 is 2.05 bits per heavy atom. The molecule has 0 radical (unpaired) electrons. The number of hydrogen-bond donors (Lipinski definition) is 3. The van der Waals surface area contributed by atoms with Crippen molar-refractivity contribution < 1.29 is 24.5 Å². The van der Waals surface area contributed by atoms with E-state index in [4.69, 9.17) is 9.84 Å². The molecular weight excluding hydrogens is 252 g/mol. The zero-order valence-corrected chi connectivity index (χ0v) is 11.2. The molecule has 3 N–H and O–H groups in total. The summed E-state index contributed by atoms with van der Waals surface area (Å²) in [6.45, 7) is 3.40. The molecule has 19 heavy (non-hydrogen) atoms. The van der Waals surface area contributed by atoms with Crippen molar-refractivity contribution in [1.29, 1.82) is 0 Å². The highest BCUT2D eigenvalue weighted by molar-refractivity contribution is 5.74. The number of carboxylic acids is 1. The van der Waals surface area contributed by atoms with E-state index in [-0.39, 0.29) is 25.1 Å². The summed E-state index contributed by atoms with van der Waals surface area (Å²) in [5.41, 5.74) is 0. The second-order valence-corrected chi connectivity index (χ2v) is 4.58. The quantitative estimate of drug-likeness (QED) is 0.635. The normalized spacial score (nSPS) is 18.1. The highest BCUT2D eigenvalue weighted by Crippen LogP contribution is 2.09. The molecule has 0 aromatic carbocycles. The topological polar surface area (TPSA) is 99.1 Å². The van der Waals surface area contributed by atoms with Crippen LogP contribution in [0.15, 0.2) is 0 Å². The molecular formula is C12H22N2O5. The zero-order valence-electron chi connectivity index (χ0n) is 11.2. The van der Waals surface area contributed by atoms with Gasteiger partial charge in [0.1, 0.15) is 0 Å². The third-order valence-electron chi connectivity index (χ3n) is 3.04. The summed E-state index contributed by atoms with van der Waals surface area (Å²) in [5, 5.41) is 20.7. The molecule has 7 heteroatoms. The molecule has 0 saturated carbocycles. The monoisotopic (exact) mass is 274 g/mol. The Morgan fingerprint density at radius 1 is 1.42 bits per heavy atom. The number of nitrogens with one attached hydrogen (secondary N) is 1. The van der Waals surface area contributed by atoms with Crippen LogP contribution in [0, 0.1) is 0 Å². The zero-order chi connectivity index (χ0) is 14.3. The van der Waals surface area contributed by atoms with E-state index in [1.807, 2.05) is 0 Å². The molecule has 7 nitrogen and oxygen atoms in total. The standard InChI is InChI=1S/C12H22N2O5/c1-2-19-10(7-11(16)17)8-13-12(18)14-5-3-9(15)4-6-14/h9-10,15H,2-8H2,1H3,(H,13,18)(H,16,17). The van der Waals surface area contributed by atoms with E-state index < -0.39 is 12.1 Å². The summed E-state index contributed by atoms with van der Waals surface area (Å²) >= 11 is 0. The molecule has 1 rings (SSSR count). The van der Waals surface area contributed by atoms with Crippen molar-refractivity contribution in [3.05, 3.63) is 0 Å². The molecule has 2 amide bonds. The summed E-state index contributed by atoms with van der Waals surface area (Å²) in [6.07, 6.45) is 0.191. The van der Waals surface area contributed by atoms with Gasteiger partial charge >= 0.3 is 12.0 Å². The van der Waals surface area contributed by atoms with Crippen LogP contribution in [0.25, 0.3) is 0 Å². The Kier molecular flexibility index (Phi) is 6.58. The van der Waals surface area contributed by atoms with Crippen molar-refractivity contribution >= 4 is 12.0 Å². The van der Waals surface area contributed by atoms with Gasteiger partial charge in [-0.25, -0.2) is 4.79 Å². The van der Waals surface area contributed by atoms with Gasteiger partial charge in [-0.2, -0.15) is 0 Å². The molecule has 1 heterocycles. The first-order valence-corrected chi connectivity index (χ1v) is 6.57. The minimum atomic E-state index is -0.950. The molecule has 0 bridgehead atoms. The van der Waals surface area contributed by atoms with Gasteiger partial charge in [0.05, 0.1) is 18.6 Å². The Morgan fingerprint density at radius 3 is 2.58 bits per heavy atom. The van der Waals surface area contributed by atoms with Crippen LogP contribution in [0.3, 0.4) is 0 Å². The fourth-order valence-corrected chi connectivity index (χ4v) is 2.00. The predicted octanol–water partition coefficient (Wildman–Crippen LogP) is 0.0325. The summed E-state index contributed by atoms with van der Waals surface area (Å²) < 4.78 is 5.25. The first-order valence-electron chi connectivity index (χ1n) is 6.57. The molecule has 1 aliphatic rings. The molecule has 0 aromatic heterocycles. The summed E-state index contributed by atoms with van der Waals surface area (Å²) in [5.74, 6) is -0.950. The highest BCUT2D eigenvalue weighted by atomic mass is 16.5. The molecule has 1 saturated heterocycles. The van der Waals surface area contributed by atoms with E-state index in [1.54, 1.807) is 11.8 Å². The number of rotatable bonds is 6. The fraction of sp³-hybridized carbons (Fsp3) is 0.833. The molecule has 0 aromatic rings. The van der Waals surface area contributed by atoms with Gasteiger partial charge in [0.2, 0.25) is 0 Å². The van der Waals surface area contributed by atoms with Crippen LogP contribution in [0.4, 0.5) is 4.79 Å². The minimum Gasteiger partial charge on any atom is -0.481 e. The van der Waals surface area contributed by atoms with Crippen molar-refractivity contribution in [3.8, 4) is 0 Å². The molecule has 1 unspecified atom stereocenters. The first kappa shape index (κ1) is 15.7. The van der Waals surface area contributed by atoms with Crippen molar-refractivity contribution in [1.82, 2.24) is 10.2 Å². The molecule has 1 aliphatic heterocycles. The van der Waals surface area contributed by atoms with Gasteiger partial charge in [-0.15, -0.1) is 0 Å². The van der Waals surface area contributed by atoms with Gasteiger partial charge in [-0.3, -0.25) is 4.79 Å². The average molecular weight is 274 g/mol. The number of carbonyl (C=O) groups is 2. The molecule has 1 fully saturated rings. The van der Waals surface area contributed by atoms with Crippen molar-refractivity contribution in [2.75, 3.05) is 26.2 Å². The second-order valence-electron chi connectivity index (χ2n) is 4.58. The number of aliphatic hydroxyl groups excluding tert-OH is 1. The van der Waals surface area contributed by atoms with Crippen LogP contribution in [0.5, 0.6) is 0 Å². The number of amides is 2. The Hall–Kier alpha value is -1.34. The van der Waals surface area contributed by atoms with Gasteiger partial charge in [0.15, 0.2) is 0 Å².